The molecule has 1 aliphatic heterocycles. The summed E-state index contributed by atoms with van der Waals surface area (Å²) in [7, 11) is 5.40. The molecule has 0 aliphatic carbocycles. The first-order chi connectivity index (χ1) is 23.2. The van der Waals surface area contributed by atoms with Gasteiger partial charge in [0.25, 0.3) is 0 Å². The largest absolute Gasteiger partial charge is 0.497 e. The third-order valence-electron chi connectivity index (χ3n) is 8.17. The fourth-order valence-electron chi connectivity index (χ4n) is 5.61. The molecule has 0 N–H and O–H groups in total. The van der Waals surface area contributed by atoms with Gasteiger partial charge in [0, 0.05) is 50.4 Å². The second kappa shape index (κ2) is 15.0. The fraction of sp³-hybridized carbons (Fsp3) is 0.382. The SMILES string of the molecule is COc1ccc(S(=O)(=O)N2CCN(CCCOc3c(-c4cc(OC)c(OC)c(OC)c4)oc4cc(OC)cc(OC)c4c3=O)CC2)cc1. The van der Waals surface area contributed by atoms with Gasteiger partial charge in [-0.3, -0.25) is 4.79 Å². The number of hydrogen-bond acceptors (Lipinski definition) is 12. The van der Waals surface area contributed by atoms with E-state index in [1.807, 2.05) is 0 Å². The van der Waals surface area contributed by atoms with E-state index in [0.29, 0.717) is 73.5 Å². The molecule has 48 heavy (non-hydrogen) atoms. The molecule has 0 bridgehead atoms. The summed E-state index contributed by atoms with van der Waals surface area (Å²) in [5.74, 6) is 2.61. The topological polar surface area (TPSA) is 135 Å². The molecular formula is C34H40N2O11S. The highest BCUT2D eigenvalue weighted by molar-refractivity contribution is 7.89. The van der Waals surface area contributed by atoms with E-state index >= 15 is 0 Å². The monoisotopic (exact) mass is 684 g/mol. The van der Waals surface area contributed by atoms with Crippen molar-refractivity contribution in [2.24, 2.45) is 0 Å². The van der Waals surface area contributed by atoms with Crippen molar-refractivity contribution in [3.05, 3.63) is 58.8 Å². The number of ether oxygens (including phenoxy) is 7. The van der Waals surface area contributed by atoms with Crippen LogP contribution in [0.5, 0.6) is 40.2 Å². The molecule has 0 unspecified atom stereocenters. The summed E-state index contributed by atoms with van der Waals surface area (Å²) in [5, 5.41) is 0.207. The molecule has 0 saturated carbocycles. The summed E-state index contributed by atoms with van der Waals surface area (Å²) >= 11 is 0. The molecule has 1 saturated heterocycles. The Hall–Kier alpha value is -4.66. The summed E-state index contributed by atoms with van der Waals surface area (Å²) in [6.45, 7) is 2.66. The Labute approximate surface area is 279 Å². The smallest absolute Gasteiger partial charge is 0.243 e. The fourth-order valence-corrected chi connectivity index (χ4v) is 7.03. The van der Waals surface area contributed by atoms with Crippen LogP contribution in [0.2, 0.25) is 0 Å². The quantitative estimate of drug-likeness (QED) is 0.175. The van der Waals surface area contributed by atoms with E-state index in [9.17, 15) is 13.2 Å². The summed E-state index contributed by atoms with van der Waals surface area (Å²) in [4.78, 5) is 16.4. The molecule has 5 rings (SSSR count). The van der Waals surface area contributed by atoms with Crippen molar-refractivity contribution in [2.45, 2.75) is 11.3 Å². The summed E-state index contributed by atoms with van der Waals surface area (Å²) in [6, 6.07) is 13.0. The molecule has 4 aromatic rings. The Balaban J connectivity index is 1.35. The van der Waals surface area contributed by atoms with Crippen LogP contribution in [-0.4, -0.2) is 99.6 Å². The molecule has 2 heterocycles. The lowest BCUT2D eigenvalue weighted by Gasteiger charge is -2.34. The minimum absolute atomic E-state index is 0.00403. The summed E-state index contributed by atoms with van der Waals surface area (Å²) in [6.07, 6.45) is 0.567. The number of nitrogens with zero attached hydrogens (tertiary/aromatic N) is 2. The van der Waals surface area contributed by atoms with Gasteiger partial charge in [-0.1, -0.05) is 0 Å². The van der Waals surface area contributed by atoms with Crippen LogP contribution >= 0.6 is 0 Å². The van der Waals surface area contributed by atoms with E-state index < -0.39 is 15.5 Å². The Kier molecular flexibility index (Phi) is 10.9. The Morgan fingerprint density at radius 3 is 1.90 bits per heavy atom. The van der Waals surface area contributed by atoms with E-state index in [1.165, 1.54) is 47.0 Å². The van der Waals surface area contributed by atoms with Crippen molar-refractivity contribution in [2.75, 3.05) is 82.0 Å². The van der Waals surface area contributed by atoms with Gasteiger partial charge in [-0.25, -0.2) is 8.42 Å². The van der Waals surface area contributed by atoms with Crippen LogP contribution in [0.25, 0.3) is 22.3 Å². The average molecular weight is 685 g/mol. The lowest BCUT2D eigenvalue weighted by molar-refractivity contribution is 0.174. The van der Waals surface area contributed by atoms with Gasteiger partial charge in [0.15, 0.2) is 17.3 Å². The molecule has 0 atom stereocenters. The van der Waals surface area contributed by atoms with Gasteiger partial charge >= 0.3 is 0 Å². The average Bonchev–Trinajstić information content (AvgIpc) is 3.12. The van der Waals surface area contributed by atoms with Crippen LogP contribution in [0.15, 0.2) is 62.6 Å². The predicted octanol–water partition coefficient (Wildman–Crippen LogP) is 4.29. The molecule has 13 nitrogen and oxygen atoms in total. The zero-order valence-corrected chi connectivity index (χ0v) is 28.7. The Morgan fingerprint density at radius 1 is 0.708 bits per heavy atom. The maximum atomic E-state index is 14.0. The molecule has 258 valence electrons. The van der Waals surface area contributed by atoms with Crippen molar-refractivity contribution >= 4 is 21.0 Å². The normalized spacial score (nSPS) is 14.0. The number of methoxy groups -OCH3 is 6. The minimum Gasteiger partial charge on any atom is -0.497 e. The lowest BCUT2D eigenvalue weighted by Crippen LogP contribution is -2.48. The Morgan fingerprint density at radius 2 is 1.33 bits per heavy atom. The summed E-state index contributed by atoms with van der Waals surface area (Å²) in [5.41, 5.74) is 0.293. The van der Waals surface area contributed by atoms with Crippen molar-refractivity contribution in [3.8, 4) is 51.6 Å². The third kappa shape index (κ3) is 6.96. The maximum absolute atomic E-state index is 14.0. The molecule has 3 aromatic carbocycles. The zero-order valence-electron chi connectivity index (χ0n) is 27.9. The first-order valence-corrected chi connectivity index (χ1v) is 16.7. The zero-order chi connectivity index (χ0) is 34.4. The molecular weight excluding hydrogens is 644 g/mol. The van der Waals surface area contributed by atoms with Crippen LogP contribution < -0.4 is 38.6 Å². The van der Waals surface area contributed by atoms with Gasteiger partial charge in [-0.05, 0) is 42.8 Å². The van der Waals surface area contributed by atoms with Gasteiger partial charge in [-0.2, -0.15) is 4.31 Å². The molecule has 1 aromatic heterocycles. The van der Waals surface area contributed by atoms with E-state index in [0.717, 1.165) is 0 Å². The second-order valence-electron chi connectivity index (χ2n) is 10.8. The highest BCUT2D eigenvalue weighted by Gasteiger charge is 2.29. The van der Waals surface area contributed by atoms with Crippen molar-refractivity contribution in [3.63, 3.8) is 0 Å². The summed E-state index contributed by atoms with van der Waals surface area (Å²) < 4.78 is 72.9. The number of benzene rings is 3. The van der Waals surface area contributed by atoms with Gasteiger partial charge in [0.05, 0.1) is 54.2 Å². The molecule has 0 amide bonds. The molecule has 1 aliphatic rings. The van der Waals surface area contributed by atoms with Crippen LogP contribution in [0, 0.1) is 0 Å². The van der Waals surface area contributed by atoms with E-state index in [1.54, 1.807) is 48.5 Å². The number of fused-ring (bicyclic) bond motifs is 1. The standard InChI is InChI=1S/C34H40N2O11S/c1-40-23-8-10-25(11-9-23)48(38,39)36-15-13-35(14-16-36)12-7-17-46-34-31(37)30-26(42-3)20-24(41-2)21-27(30)47-32(34)22-18-28(43-4)33(45-6)29(19-22)44-5/h8-11,18-21H,7,12-17H2,1-6H3. The van der Waals surface area contributed by atoms with Crippen molar-refractivity contribution < 1.29 is 46.0 Å². The van der Waals surface area contributed by atoms with Crippen molar-refractivity contribution in [1.29, 1.82) is 0 Å². The van der Waals surface area contributed by atoms with Crippen molar-refractivity contribution in [1.82, 2.24) is 9.21 Å². The molecule has 0 radical (unpaired) electrons. The minimum atomic E-state index is -3.61. The Bertz CT molecular complexity index is 1880. The van der Waals surface area contributed by atoms with E-state index in [-0.39, 0.29) is 39.7 Å². The van der Waals surface area contributed by atoms with Crippen LogP contribution in [0.1, 0.15) is 6.42 Å². The van der Waals surface area contributed by atoms with Crippen LogP contribution in [0.3, 0.4) is 0 Å². The van der Waals surface area contributed by atoms with E-state index in [4.69, 9.17) is 37.6 Å². The number of rotatable bonds is 14. The van der Waals surface area contributed by atoms with Gasteiger partial charge < -0.3 is 42.5 Å². The van der Waals surface area contributed by atoms with Gasteiger partial charge in [-0.15, -0.1) is 0 Å². The highest BCUT2D eigenvalue weighted by Crippen LogP contribution is 2.44. The second-order valence-corrected chi connectivity index (χ2v) is 12.8. The van der Waals surface area contributed by atoms with Gasteiger partial charge in [0.1, 0.15) is 28.2 Å². The van der Waals surface area contributed by atoms with Gasteiger partial charge in [0.2, 0.25) is 27.0 Å². The third-order valence-corrected chi connectivity index (χ3v) is 10.1. The number of piperazine rings is 1. The molecule has 1 fully saturated rings. The lowest BCUT2D eigenvalue weighted by atomic mass is 10.1. The van der Waals surface area contributed by atoms with Crippen LogP contribution in [0.4, 0.5) is 0 Å². The van der Waals surface area contributed by atoms with Crippen LogP contribution in [-0.2, 0) is 10.0 Å². The number of sulfonamides is 1. The number of hydrogen-bond donors (Lipinski definition) is 0. The van der Waals surface area contributed by atoms with E-state index in [2.05, 4.69) is 4.90 Å². The highest BCUT2D eigenvalue weighted by atomic mass is 32.2. The first-order valence-electron chi connectivity index (χ1n) is 15.2. The predicted molar refractivity (Wildman–Crippen MR) is 179 cm³/mol. The molecule has 0 spiro atoms. The maximum Gasteiger partial charge on any atom is 0.243 e. The molecule has 14 heteroatoms. The first kappa shape index (κ1) is 34.7.